The zero-order valence-electron chi connectivity index (χ0n) is 13.4. The van der Waals surface area contributed by atoms with Crippen molar-refractivity contribution in [3.63, 3.8) is 0 Å². The Morgan fingerprint density at radius 2 is 1.83 bits per heavy atom. The average molecular weight is 310 g/mol. The van der Waals surface area contributed by atoms with Gasteiger partial charge in [-0.05, 0) is 37.5 Å². The van der Waals surface area contributed by atoms with Crippen LogP contribution >= 0.6 is 0 Å². The lowest BCUT2D eigenvalue weighted by molar-refractivity contribution is -0.117. The number of amides is 1. The van der Waals surface area contributed by atoms with Gasteiger partial charge in [0.1, 0.15) is 0 Å². The van der Waals surface area contributed by atoms with Crippen LogP contribution in [0.2, 0.25) is 0 Å². The molecule has 0 unspecified atom stereocenters. The van der Waals surface area contributed by atoms with Crippen LogP contribution in [0, 0.1) is 6.92 Å². The lowest BCUT2D eigenvalue weighted by Crippen LogP contribution is -2.38. The maximum absolute atomic E-state index is 12.4. The second kappa shape index (κ2) is 6.82. The van der Waals surface area contributed by atoms with Crippen molar-refractivity contribution in [2.24, 2.45) is 0 Å². The van der Waals surface area contributed by atoms with Crippen LogP contribution in [-0.2, 0) is 11.3 Å². The largest absolute Gasteiger partial charge is 0.346 e. The number of nitrogens with zero attached hydrogens (tertiary/aromatic N) is 1. The summed E-state index contributed by atoms with van der Waals surface area (Å²) < 4.78 is 1.83. The van der Waals surface area contributed by atoms with Crippen molar-refractivity contribution in [1.82, 2.24) is 9.88 Å². The zero-order chi connectivity index (χ0) is 16.2. The third-order valence-electron chi connectivity index (χ3n) is 4.43. The second-order valence-electron chi connectivity index (χ2n) is 6.29. The molecule has 0 bridgehead atoms. The molecule has 1 aliphatic rings. The van der Waals surface area contributed by atoms with Crippen molar-refractivity contribution >= 4 is 11.7 Å². The Morgan fingerprint density at radius 1 is 1.13 bits per heavy atom. The number of carbonyl (C=O) groups is 2. The quantitative estimate of drug-likeness (QED) is 0.681. The van der Waals surface area contributed by atoms with E-state index in [1.54, 1.807) is 6.07 Å². The molecule has 120 valence electrons. The molecule has 1 saturated carbocycles. The molecule has 1 aromatic carbocycles. The minimum absolute atomic E-state index is 0.159. The molecule has 2 aromatic rings. The van der Waals surface area contributed by atoms with E-state index in [-0.39, 0.29) is 6.04 Å². The summed E-state index contributed by atoms with van der Waals surface area (Å²) in [6.07, 6.45) is 6.05. The molecule has 0 aliphatic heterocycles. The first-order chi connectivity index (χ1) is 11.1. The van der Waals surface area contributed by atoms with E-state index in [9.17, 15) is 9.59 Å². The number of benzene rings is 1. The van der Waals surface area contributed by atoms with Crippen molar-refractivity contribution < 1.29 is 9.59 Å². The molecule has 4 nitrogen and oxygen atoms in total. The number of ketones is 1. The standard InChI is InChI=1S/C19H22N2O2/c1-14-8-10-15(11-9-14)13-21-12-4-7-17(21)18(22)19(23)20-16-5-2-3-6-16/h4,7-12,16H,2-3,5-6,13H2,1H3,(H,20,23). The van der Waals surface area contributed by atoms with Crippen LogP contribution in [0.4, 0.5) is 0 Å². The Bertz CT molecular complexity index is 694. The molecule has 1 aromatic heterocycles. The van der Waals surface area contributed by atoms with Gasteiger partial charge >= 0.3 is 0 Å². The molecule has 1 aliphatic carbocycles. The molecule has 1 N–H and O–H groups in total. The van der Waals surface area contributed by atoms with Crippen molar-refractivity contribution in [3.05, 3.63) is 59.4 Å². The minimum Gasteiger partial charge on any atom is -0.346 e. The van der Waals surface area contributed by atoms with Crippen LogP contribution in [0.15, 0.2) is 42.6 Å². The zero-order valence-corrected chi connectivity index (χ0v) is 13.4. The van der Waals surface area contributed by atoms with Gasteiger partial charge in [0.15, 0.2) is 0 Å². The third kappa shape index (κ3) is 3.70. The number of rotatable bonds is 5. The third-order valence-corrected chi connectivity index (χ3v) is 4.43. The molecule has 1 amide bonds. The van der Waals surface area contributed by atoms with Crippen molar-refractivity contribution in [2.75, 3.05) is 0 Å². The van der Waals surface area contributed by atoms with Gasteiger partial charge in [0.05, 0.1) is 5.69 Å². The highest BCUT2D eigenvalue weighted by molar-refractivity contribution is 6.42. The molecule has 4 heteroatoms. The molecule has 0 radical (unpaired) electrons. The maximum atomic E-state index is 12.4. The van der Waals surface area contributed by atoms with Gasteiger partial charge in [0.25, 0.3) is 11.7 Å². The number of aromatic nitrogens is 1. The number of Topliss-reactive ketones (excluding diaryl/α,β-unsaturated/α-hetero) is 1. The summed E-state index contributed by atoms with van der Waals surface area (Å²) in [5.74, 6) is -0.935. The first-order valence-corrected chi connectivity index (χ1v) is 8.19. The summed E-state index contributed by atoms with van der Waals surface area (Å²) in [5, 5.41) is 2.86. The topological polar surface area (TPSA) is 51.1 Å². The predicted molar refractivity (Wildman–Crippen MR) is 89.4 cm³/mol. The molecular formula is C19H22N2O2. The Labute approximate surface area is 136 Å². The van der Waals surface area contributed by atoms with E-state index >= 15 is 0 Å². The van der Waals surface area contributed by atoms with Crippen LogP contribution in [-0.4, -0.2) is 22.3 Å². The molecule has 0 atom stereocenters. The summed E-state index contributed by atoms with van der Waals surface area (Å²) in [6, 6.07) is 11.9. The summed E-state index contributed by atoms with van der Waals surface area (Å²) in [6.45, 7) is 2.63. The fraction of sp³-hybridized carbons (Fsp3) is 0.368. The van der Waals surface area contributed by atoms with Gasteiger partial charge in [-0.3, -0.25) is 9.59 Å². The van der Waals surface area contributed by atoms with E-state index < -0.39 is 11.7 Å². The van der Waals surface area contributed by atoms with Crippen molar-refractivity contribution in [1.29, 1.82) is 0 Å². The maximum Gasteiger partial charge on any atom is 0.294 e. The van der Waals surface area contributed by atoms with Crippen molar-refractivity contribution in [3.8, 4) is 0 Å². The first-order valence-electron chi connectivity index (χ1n) is 8.19. The number of carbonyl (C=O) groups excluding carboxylic acids is 2. The lowest BCUT2D eigenvalue weighted by atomic mass is 10.1. The van der Waals surface area contributed by atoms with Gasteiger partial charge in [0.2, 0.25) is 0 Å². The van der Waals surface area contributed by atoms with E-state index in [0.717, 1.165) is 31.2 Å². The van der Waals surface area contributed by atoms with E-state index in [0.29, 0.717) is 12.2 Å². The highest BCUT2D eigenvalue weighted by atomic mass is 16.2. The normalized spacial score (nSPS) is 14.8. The Kier molecular flexibility index (Phi) is 4.60. The number of aryl methyl sites for hydroxylation is 1. The monoisotopic (exact) mass is 310 g/mol. The Balaban J connectivity index is 1.70. The summed E-state index contributed by atoms with van der Waals surface area (Å²) in [4.78, 5) is 24.6. The molecule has 3 rings (SSSR count). The molecule has 23 heavy (non-hydrogen) atoms. The highest BCUT2D eigenvalue weighted by Gasteiger charge is 2.24. The van der Waals surface area contributed by atoms with Crippen molar-refractivity contribution in [2.45, 2.75) is 45.2 Å². The molecular weight excluding hydrogens is 288 g/mol. The number of hydrogen-bond donors (Lipinski definition) is 1. The Hall–Kier alpha value is -2.36. The summed E-state index contributed by atoms with van der Waals surface area (Å²) in [7, 11) is 0. The fourth-order valence-electron chi connectivity index (χ4n) is 3.09. The smallest absolute Gasteiger partial charge is 0.294 e. The highest BCUT2D eigenvalue weighted by Crippen LogP contribution is 2.18. The molecule has 0 spiro atoms. The Morgan fingerprint density at radius 3 is 2.52 bits per heavy atom. The van der Waals surface area contributed by atoms with E-state index in [1.165, 1.54) is 5.56 Å². The SMILES string of the molecule is Cc1ccc(Cn2cccc2C(=O)C(=O)NC2CCCC2)cc1. The molecule has 1 fully saturated rings. The fourth-order valence-corrected chi connectivity index (χ4v) is 3.09. The lowest BCUT2D eigenvalue weighted by Gasteiger charge is -2.12. The van der Waals surface area contributed by atoms with E-state index in [2.05, 4.69) is 5.32 Å². The predicted octanol–water partition coefficient (Wildman–Crippen LogP) is 3.09. The first kappa shape index (κ1) is 15.5. The molecule has 1 heterocycles. The van der Waals surface area contributed by atoms with Gasteiger partial charge in [0, 0.05) is 18.8 Å². The summed E-state index contributed by atoms with van der Waals surface area (Å²) in [5.41, 5.74) is 2.76. The van der Waals surface area contributed by atoms with Gasteiger partial charge in [-0.25, -0.2) is 0 Å². The second-order valence-corrected chi connectivity index (χ2v) is 6.29. The van der Waals surface area contributed by atoms with Crippen LogP contribution in [0.3, 0.4) is 0 Å². The van der Waals surface area contributed by atoms with Crippen LogP contribution in [0.5, 0.6) is 0 Å². The van der Waals surface area contributed by atoms with Gasteiger partial charge in [-0.2, -0.15) is 0 Å². The minimum atomic E-state index is -0.485. The van der Waals surface area contributed by atoms with Crippen LogP contribution in [0.1, 0.15) is 47.3 Å². The van der Waals surface area contributed by atoms with Gasteiger partial charge in [-0.1, -0.05) is 42.7 Å². The van der Waals surface area contributed by atoms with Gasteiger partial charge < -0.3 is 9.88 Å². The number of hydrogen-bond acceptors (Lipinski definition) is 2. The summed E-state index contributed by atoms with van der Waals surface area (Å²) >= 11 is 0. The van der Waals surface area contributed by atoms with E-state index in [1.807, 2.05) is 48.0 Å². The van der Waals surface area contributed by atoms with Crippen LogP contribution in [0.25, 0.3) is 0 Å². The number of nitrogens with one attached hydrogen (secondary N) is 1. The van der Waals surface area contributed by atoms with E-state index in [4.69, 9.17) is 0 Å². The van der Waals surface area contributed by atoms with Crippen LogP contribution < -0.4 is 5.32 Å². The van der Waals surface area contributed by atoms with Gasteiger partial charge in [-0.15, -0.1) is 0 Å². The average Bonchev–Trinajstić information content (AvgIpc) is 3.20. The molecule has 0 saturated heterocycles.